The molecule has 0 saturated heterocycles. The smallest absolute Gasteiger partial charge is 0.335 e. The van der Waals surface area contributed by atoms with Crippen LogP contribution in [0, 0.1) is 0 Å². The van der Waals surface area contributed by atoms with Gasteiger partial charge in [0.1, 0.15) is 6.61 Å². The first kappa shape index (κ1) is 14.5. The van der Waals surface area contributed by atoms with E-state index in [1.807, 2.05) is 13.0 Å². The predicted molar refractivity (Wildman–Crippen MR) is 73.6 cm³/mol. The molecule has 108 valence electrons. The van der Waals surface area contributed by atoms with Crippen molar-refractivity contribution >= 4 is 11.9 Å². The molecule has 0 fully saturated rings. The second-order valence-electron chi connectivity index (χ2n) is 4.91. The number of carbonyl (C=O) groups is 2. The van der Waals surface area contributed by atoms with Gasteiger partial charge in [-0.2, -0.15) is 0 Å². The summed E-state index contributed by atoms with van der Waals surface area (Å²) >= 11 is 0. The molecule has 0 radical (unpaired) electrons. The molecule has 1 aliphatic heterocycles. The lowest BCUT2D eigenvalue weighted by molar-refractivity contribution is -0.137. The van der Waals surface area contributed by atoms with Crippen LogP contribution in [-0.4, -0.2) is 41.6 Å². The van der Waals surface area contributed by atoms with Crippen LogP contribution in [0.3, 0.4) is 0 Å². The van der Waals surface area contributed by atoms with Crippen molar-refractivity contribution in [3.8, 4) is 0 Å². The number of hydrogen-bond donors (Lipinski definition) is 1. The molecule has 5 heteroatoms. The summed E-state index contributed by atoms with van der Waals surface area (Å²) in [6, 6.07) is 5.11. The van der Waals surface area contributed by atoms with Gasteiger partial charge in [0.15, 0.2) is 0 Å². The lowest BCUT2D eigenvalue weighted by Gasteiger charge is -2.29. The van der Waals surface area contributed by atoms with Crippen LogP contribution >= 0.6 is 0 Å². The molecule has 5 nitrogen and oxygen atoms in total. The molecule has 1 amide bonds. The number of aromatic carboxylic acids is 1. The van der Waals surface area contributed by atoms with Crippen molar-refractivity contribution in [1.29, 1.82) is 0 Å². The SMILES string of the molecule is CCCOCC(=O)N1CCc2ccc(C(=O)O)cc2C1. The van der Waals surface area contributed by atoms with Crippen LogP contribution in [0.2, 0.25) is 0 Å². The quantitative estimate of drug-likeness (QED) is 0.832. The predicted octanol–water partition coefficient (Wildman–Crippen LogP) is 1.70. The number of hydrogen-bond acceptors (Lipinski definition) is 3. The molecule has 0 atom stereocenters. The fraction of sp³-hybridized carbons (Fsp3) is 0.467. The summed E-state index contributed by atoms with van der Waals surface area (Å²) in [5.41, 5.74) is 2.30. The molecule has 1 N–H and O–H groups in total. The van der Waals surface area contributed by atoms with Gasteiger partial charge in [0.2, 0.25) is 5.91 Å². The molecule has 0 unspecified atom stereocenters. The Balaban J connectivity index is 2.03. The maximum atomic E-state index is 12.0. The van der Waals surface area contributed by atoms with Crippen molar-refractivity contribution in [3.63, 3.8) is 0 Å². The third-order valence-corrected chi connectivity index (χ3v) is 3.39. The zero-order chi connectivity index (χ0) is 14.5. The highest BCUT2D eigenvalue weighted by atomic mass is 16.5. The highest BCUT2D eigenvalue weighted by Crippen LogP contribution is 2.20. The molecule has 1 aromatic carbocycles. The lowest BCUT2D eigenvalue weighted by Crippen LogP contribution is -2.38. The van der Waals surface area contributed by atoms with Gasteiger partial charge in [-0.25, -0.2) is 4.79 Å². The summed E-state index contributed by atoms with van der Waals surface area (Å²) in [5, 5.41) is 9.00. The zero-order valence-electron chi connectivity index (χ0n) is 11.6. The van der Waals surface area contributed by atoms with E-state index in [4.69, 9.17) is 9.84 Å². The average Bonchev–Trinajstić information content (AvgIpc) is 2.46. The van der Waals surface area contributed by atoms with Crippen LogP contribution in [0.15, 0.2) is 18.2 Å². The van der Waals surface area contributed by atoms with E-state index >= 15 is 0 Å². The number of rotatable bonds is 5. The number of ether oxygens (including phenoxy) is 1. The molecule has 1 aliphatic rings. The zero-order valence-corrected chi connectivity index (χ0v) is 11.6. The molecular weight excluding hydrogens is 258 g/mol. The third-order valence-electron chi connectivity index (χ3n) is 3.39. The van der Waals surface area contributed by atoms with Crippen molar-refractivity contribution in [3.05, 3.63) is 34.9 Å². The second kappa shape index (κ2) is 6.52. The number of carboxylic acids is 1. The topological polar surface area (TPSA) is 66.8 Å². The fourth-order valence-electron chi connectivity index (χ4n) is 2.30. The molecular formula is C15H19NO4. The van der Waals surface area contributed by atoms with Crippen molar-refractivity contribution in [2.45, 2.75) is 26.3 Å². The number of benzene rings is 1. The van der Waals surface area contributed by atoms with E-state index in [-0.39, 0.29) is 18.1 Å². The Bertz CT molecular complexity index is 513. The first-order valence-corrected chi connectivity index (χ1v) is 6.82. The molecule has 1 heterocycles. The van der Waals surface area contributed by atoms with E-state index in [9.17, 15) is 9.59 Å². The Morgan fingerprint density at radius 2 is 2.15 bits per heavy atom. The Labute approximate surface area is 118 Å². The maximum Gasteiger partial charge on any atom is 0.335 e. The first-order valence-electron chi connectivity index (χ1n) is 6.82. The van der Waals surface area contributed by atoms with Crippen molar-refractivity contribution in [1.82, 2.24) is 4.90 Å². The van der Waals surface area contributed by atoms with E-state index in [2.05, 4.69) is 0 Å². The Hall–Kier alpha value is -1.88. The van der Waals surface area contributed by atoms with E-state index in [0.29, 0.717) is 19.7 Å². The summed E-state index contributed by atoms with van der Waals surface area (Å²) < 4.78 is 5.26. The van der Waals surface area contributed by atoms with Gasteiger partial charge >= 0.3 is 5.97 Å². The molecule has 0 spiro atoms. The standard InChI is InChI=1S/C15H19NO4/c1-2-7-20-10-14(17)16-6-5-11-3-4-12(15(18)19)8-13(11)9-16/h3-4,8H,2,5-7,9-10H2,1H3,(H,18,19). The third kappa shape index (κ3) is 3.36. The van der Waals surface area contributed by atoms with Gasteiger partial charge in [0, 0.05) is 19.7 Å². The number of carbonyl (C=O) groups excluding carboxylic acids is 1. The highest BCUT2D eigenvalue weighted by molar-refractivity contribution is 5.88. The summed E-state index contributed by atoms with van der Waals surface area (Å²) in [4.78, 5) is 24.7. The van der Waals surface area contributed by atoms with Crippen LogP contribution in [0.1, 0.15) is 34.8 Å². The minimum Gasteiger partial charge on any atom is -0.478 e. The van der Waals surface area contributed by atoms with Gasteiger partial charge in [-0.1, -0.05) is 13.0 Å². The maximum absolute atomic E-state index is 12.0. The summed E-state index contributed by atoms with van der Waals surface area (Å²) in [6.07, 6.45) is 1.65. The van der Waals surface area contributed by atoms with Crippen LogP contribution in [0.4, 0.5) is 0 Å². The lowest BCUT2D eigenvalue weighted by atomic mass is 9.97. The van der Waals surface area contributed by atoms with Crippen LogP contribution in [-0.2, 0) is 22.5 Å². The van der Waals surface area contributed by atoms with Gasteiger partial charge in [0.25, 0.3) is 0 Å². The average molecular weight is 277 g/mol. The summed E-state index contributed by atoms with van der Waals surface area (Å²) in [5.74, 6) is -0.979. The minimum atomic E-state index is -0.942. The normalized spacial score (nSPS) is 13.9. The minimum absolute atomic E-state index is 0.0372. The van der Waals surface area contributed by atoms with Gasteiger partial charge in [-0.15, -0.1) is 0 Å². The number of fused-ring (bicyclic) bond motifs is 1. The Morgan fingerprint density at radius 1 is 1.35 bits per heavy atom. The van der Waals surface area contributed by atoms with E-state index in [0.717, 1.165) is 24.0 Å². The molecule has 20 heavy (non-hydrogen) atoms. The van der Waals surface area contributed by atoms with E-state index < -0.39 is 5.97 Å². The number of amides is 1. The Morgan fingerprint density at radius 3 is 2.85 bits per heavy atom. The highest BCUT2D eigenvalue weighted by Gasteiger charge is 2.21. The molecule has 0 aromatic heterocycles. The molecule has 0 saturated carbocycles. The van der Waals surface area contributed by atoms with Crippen molar-refractivity contribution in [2.24, 2.45) is 0 Å². The van der Waals surface area contributed by atoms with Crippen molar-refractivity contribution < 1.29 is 19.4 Å². The van der Waals surface area contributed by atoms with Crippen molar-refractivity contribution in [2.75, 3.05) is 19.8 Å². The first-order chi connectivity index (χ1) is 9.61. The Kier molecular flexibility index (Phi) is 4.74. The van der Waals surface area contributed by atoms with E-state index in [1.165, 1.54) is 0 Å². The summed E-state index contributed by atoms with van der Waals surface area (Å²) in [6.45, 7) is 3.80. The van der Waals surface area contributed by atoms with Gasteiger partial charge in [0.05, 0.1) is 5.56 Å². The molecule has 1 aromatic rings. The van der Waals surface area contributed by atoms with Crippen LogP contribution in [0.5, 0.6) is 0 Å². The van der Waals surface area contributed by atoms with Gasteiger partial charge in [-0.05, 0) is 36.1 Å². The molecule has 0 bridgehead atoms. The van der Waals surface area contributed by atoms with Crippen LogP contribution in [0.25, 0.3) is 0 Å². The molecule has 0 aliphatic carbocycles. The van der Waals surface area contributed by atoms with E-state index in [1.54, 1.807) is 17.0 Å². The largest absolute Gasteiger partial charge is 0.478 e. The number of carboxylic acid groups (broad SMARTS) is 1. The molecule has 2 rings (SSSR count). The second-order valence-corrected chi connectivity index (χ2v) is 4.91. The van der Waals surface area contributed by atoms with Gasteiger partial charge < -0.3 is 14.7 Å². The summed E-state index contributed by atoms with van der Waals surface area (Å²) in [7, 11) is 0. The monoisotopic (exact) mass is 277 g/mol. The van der Waals surface area contributed by atoms with Crippen LogP contribution < -0.4 is 0 Å². The van der Waals surface area contributed by atoms with Gasteiger partial charge in [-0.3, -0.25) is 4.79 Å². The number of nitrogens with zero attached hydrogens (tertiary/aromatic N) is 1. The fourth-order valence-corrected chi connectivity index (χ4v) is 2.30.